The number of nitrogens with zero attached hydrogens (tertiary/aromatic N) is 2. The van der Waals surface area contributed by atoms with Gasteiger partial charge in [-0.25, -0.2) is 0 Å². The van der Waals surface area contributed by atoms with Gasteiger partial charge in [0.1, 0.15) is 0 Å². The van der Waals surface area contributed by atoms with Crippen LogP contribution in [0.5, 0.6) is 0 Å². The molecule has 1 rings (SSSR count). The summed E-state index contributed by atoms with van der Waals surface area (Å²) in [5.41, 5.74) is 0. The number of rotatable bonds is 3. The van der Waals surface area contributed by atoms with Crippen LogP contribution in [0.15, 0.2) is 0 Å². The molecule has 0 aromatic carbocycles. The first kappa shape index (κ1) is 10.5. The molecule has 1 amide bonds. The maximum atomic E-state index is 11.5. The molecular formula is C10H20N2O. The minimum atomic E-state index is 0.334. The minimum Gasteiger partial charge on any atom is -0.341 e. The third-order valence-electron chi connectivity index (χ3n) is 2.58. The molecule has 0 aliphatic carbocycles. The van der Waals surface area contributed by atoms with E-state index in [1.165, 1.54) is 6.42 Å². The third kappa shape index (κ3) is 3.35. The van der Waals surface area contributed by atoms with E-state index in [9.17, 15) is 4.79 Å². The zero-order valence-electron chi connectivity index (χ0n) is 8.92. The molecular weight excluding hydrogens is 164 g/mol. The number of likely N-dealkylation sites (tertiary alicyclic amines) is 1. The molecule has 0 aromatic rings. The van der Waals surface area contributed by atoms with Gasteiger partial charge in [0.25, 0.3) is 0 Å². The van der Waals surface area contributed by atoms with Crippen LogP contribution in [0.1, 0.15) is 19.8 Å². The number of hydrogen-bond donors (Lipinski definition) is 0. The first-order valence-electron chi connectivity index (χ1n) is 5.02. The van der Waals surface area contributed by atoms with Gasteiger partial charge in [0, 0.05) is 26.1 Å². The average molecular weight is 184 g/mol. The fourth-order valence-electron chi connectivity index (χ4n) is 1.59. The monoisotopic (exact) mass is 184 g/mol. The van der Waals surface area contributed by atoms with Crippen molar-refractivity contribution in [2.45, 2.75) is 19.8 Å². The Morgan fingerprint density at radius 1 is 1.54 bits per heavy atom. The van der Waals surface area contributed by atoms with Gasteiger partial charge in [-0.3, -0.25) is 4.79 Å². The molecule has 0 spiro atoms. The van der Waals surface area contributed by atoms with Crippen molar-refractivity contribution in [3.05, 3.63) is 0 Å². The fraction of sp³-hybridized carbons (Fsp3) is 0.900. The van der Waals surface area contributed by atoms with Crippen molar-refractivity contribution in [3.8, 4) is 0 Å². The van der Waals surface area contributed by atoms with Crippen LogP contribution < -0.4 is 0 Å². The standard InChI is InChI=1S/C10H20N2O/c1-9-4-5-12(10(13)8-9)7-6-11(2)3/h9H,4-8H2,1-3H3/t9-/m0/s1. The van der Waals surface area contributed by atoms with E-state index in [1.807, 2.05) is 19.0 Å². The molecule has 13 heavy (non-hydrogen) atoms. The van der Waals surface area contributed by atoms with Crippen molar-refractivity contribution in [2.75, 3.05) is 33.7 Å². The maximum absolute atomic E-state index is 11.5. The summed E-state index contributed by atoms with van der Waals surface area (Å²) in [6, 6.07) is 0. The van der Waals surface area contributed by atoms with Gasteiger partial charge < -0.3 is 9.80 Å². The summed E-state index contributed by atoms with van der Waals surface area (Å²) in [5.74, 6) is 0.920. The Labute approximate surface area is 80.7 Å². The molecule has 76 valence electrons. The molecule has 1 aliphatic heterocycles. The molecule has 0 saturated carbocycles. The van der Waals surface area contributed by atoms with Crippen molar-refractivity contribution < 1.29 is 4.79 Å². The summed E-state index contributed by atoms with van der Waals surface area (Å²) in [4.78, 5) is 15.6. The van der Waals surface area contributed by atoms with Gasteiger partial charge >= 0.3 is 0 Å². The smallest absolute Gasteiger partial charge is 0.222 e. The van der Waals surface area contributed by atoms with E-state index in [-0.39, 0.29) is 0 Å². The summed E-state index contributed by atoms with van der Waals surface area (Å²) in [5, 5.41) is 0. The van der Waals surface area contributed by atoms with Crippen LogP contribution in [0.25, 0.3) is 0 Å². The Balaban J connectivity index is 2.30. The van der Waals surface area contributed by atoms with Crippen molar-refractivity contribution in [1.82, 2.24) is 9.80 Å². The zero-order valence-corrected chi connectivity index (χ0v) is 8.92. The summed E-state index contributed by atoms with van der Waals surface area (Å²) in [6.45, 7) is 4.97. The summed E-state index contributed by atoms with van der Waals surface area (Å²) in [7, 11) is 4.08. The number of piperidine rings is 1. The SMILES string of the molecule is C[C@H]1CCN(CCN(C)C)C(=O)C1. The Bertz CT molecular complexity index is 180. The molecule has 0 bridgehead atoms. The number of carbonyl (C=O) groups excluding carboxylic acids is 1. The van der Waals surface area contributed by atoms with Crippen LogP contribution in [0.3, 0.4) is 0 Å². The van der Waals surface area contributed by atoms with Crippen LogP contribution in [0, 0.1) is 5.92 Å². The highest BCUT2D eigenvalue weighted by atomic mass is 16.2. The maximum Gasteiger partial charge on any atom is 0.222 e. The van der Waals surface area contributed by atoms with Gasteiger partial charge in [-0.15, -0.1) is 0 Å². The molecule has 0 unspecified atom stereocenters. The van der Waals surface area contributed by atoms with E-state index in [2.05, 4.69) is 11.8 Å². The van der Waals surface area contributed by atoms with E-state index >= 15 is 0 Å². The van der Waals surface area contributed by atoms with Gasteiger partial charge in [0.05, 0.1) is 0 Å². The van der Waals surface area contributed by atoms with Crippen molar-refractivity contribution in [1.29, 1.82) is 0 Å². The number of likely N-dealkylation sites (N-methyl/N-ethyl adjacent to an activating group) is 1. The van der Waals surface area contributed by atoms with Crippen molar-refractivity contribution >= 4 is 5.91 Å². The van der Waals surface area contributed by atoms with Gasteiger partial charge in [0.2, 0.25) is 5.91 Å². The Kier molecular flexibility index (Phi) is 3.72. The van der Waals surface area contributed by atoms with Crippen molar-refractivity contribution in [2.24, 2.45) is 5.92 Å². The normalized spacial score (nSPS) is 24.2. The molecule has 3 heteroatoms. The number of amides is 1. The summed E-state index contributed by atoms with van der Waals surface area (Å²) in [6.07, 6.45) is 1.91. The topological polar surface area (TPSA) is 23.6 Å². The zero-order chi connectivity index (χ0) is 9.84. The average Bonchev–Trinajstić information content (AvgIpc) is 2.02. The first-order valence-corrected chi connectivity index (χ1v) is 5.02. The second-order valence-corrected chi connectivity index (χ2v) is 4.28. The van der Waals surface area contributed by atoms with E-state index in [1.54, 1.807) is 0 Å². The van der Waals surface area contributed by atoms with Gasteiger partial charge in [0.15, 0.2) is 0 Å². The third-order valence-corrected chi connectivity index (χ3v) is 2.58. The molecule has 1 heterocycles. The minimum absolute atomic E-state index is 0.334. The molecule has 0 aromatic heterocycles. The predicted octanol–water partition coefficient (Wildman–Crippen LogP) is 0.807. The number of carbonyl (C=O) groups is 1. The second-order valence-electron chi connectivity index (χ2n) is 4.28. The second kappa shape index (κ2) is 4.61. The van der Waals surface area contributed by atoms with Gasteiger partial charge in [-0.1, -0.05) is 6.92 Å². The number of hydrogen-bond acceptors (Lipinski definition) is 2. The molecule has 0 N–H and O–H groups in total. The van der Waals surface area contributed by atoms with E-state index in [4.69, 9.17) is 0 Å². The van der Waals surface area contributed by atoms with Crippen LogP contribution in [-0.4, -0.2) is 49.4 Å². The molecule has 1 aliphatic rings. The van der Waals surface area contributed by atoms with Crippen molar-refractivity contribution in [3.63, 3.8) is 0 Å². The van der Waals surface area contributed by atoms with Gasteiger partial charge in [-0.2, -0.15) is 0 Å². The largest absolute Gasteiger partial charge is 0.341 e. The fourth-order valence-corrected chi connectivity index (χ4v) is 1.59. The summed E-state index contributed by atoms with van der Waals surface area (Å²) >= 11 is 0. The van der Waals surface area contributed by atoms with E-state index in [0.29, 0.717) is 11.8 Å². The molecule has 1 saturated heterocycles. The Hall–Kier alpha value is -0.570. The molecule has 3 nitrogen and oxygen atoms in total. The molecule has 1 atom stereocenters. The van der Waals surface area contributed by atoms with Crippen LogP contribution in [-0.2, 0) is 4.79 Å². The van der Waals surface area contributed by atoms with E-state index in [0.717, 1.165) is 26.1 Å². The van der Waals surface area contributed by atoms with E-state index < -0.39 is 0 Å². The highest BCUT2D eigenvalue weighted by molar-refractivity contribution is 5.77. The molecule has 1 fully saturated rings. The lowest BCUT2D eigenvalue weighted by Crippen LogP contribution is -2.41. The quantitative estimate of drug-likeness (QED) is 0.648. The lowest BCUT2D eigenvalue weighted by Gasteiger charge is -2.30. The Morgan fingerprint density at radius 2 is 2.23 bits per heavy atom. The van der Waals surface area contributed by atoms with Crippen LogP contribution in [0.2, 0.25) is 0 Å². The van der Waals surface area contributed by atoms with Crippen LogP contribution >= 0.6 is 0 Å². The summed E-state index contributed by atoms with van der Waals surface area (Å²) < 4.78 is 0. The Morgan fingerprint density at radius 3 is 2.77 bits per heavy atom. The lowest BCUT2D eigenvalue weighted by molar-refractivity contribution is -0.134. The van der Waals surface area contributed by atoms with Gasteiger partial charge in [-0.05, 0) is 26.4 Å². The predicted molar refractivity (Wildman–Crippen MR) is 53.5 cm³/mol. The highest BCUT2D eigenvalue weighted by Crippen LogP contribution is 2.16. The highest BCUT2D eigenvalue weighted by Gasteiger charge is 2.22. The lowest BCUT2D eigenvalue weighted by atomic mass is 9.99. The van der Waals surface area contributed by atoms with Crippen LogP contribution in [0.4, 0.5) is 0 Å². The molecule has 0 radical (unpaired) electrons. The first-order chi connectivity index (χ1) is 6.09.